The van der Waals surface area contributed by atoms with Gasteiger partial charge in [0.05, 0.1) is 0 Å². The second kappa shape index (κ2) is 6.54. The molecule has 1 heterocycles. The summed E-state index contributed by atoms with van der Waals surface area (Å²) >= 11 is 0. The van der Waals surface area contributed by atoms with E-state index in [9.17, 15) is 9.59 Å². The second-order valence-electron chi connectivity index (χ2n) is 5.46. The third-order valence-corrected chi connectivity index (χ3v) is 3.97. The quantitative estimate of drug-likeness (QED) is 0.849. The molecule has 1 fully saturated rings. The van der Waals surface area contributed by atoms with Crippen LogP contribution in [0.15, 0.2) is 12.3 Å². The molecule has 1 aliphatic rings. The van der Waals surface area contributed by atoms with Crippen LogP contribution in [0.1, 0.15) is 43.1 Å². The molecular weight excluding hydrogens is 258 g/mol. The van der Waals surface area contributed by atoms with Gasteiger partial charge >= 0.3 is 5.97 Å². The lowest BCUT2D eigenvalue weighted by Gasteiger charge is -2.33. The molecule has 0 atom stereocenters. The molecule has 1 amide bonds. The van der Waals surface area contributed by atoms with Crippen LogP contribution in [0.3, 0.4) is 0 Å². The summed E-state index contributed by atoms with van der Waals surface area (Å²) in [5.41, 5.74) is 0.256. The molecular formula is C14H21N3O3. The molecule has 0 spiro atoms. The molecule has 0 radical (unpaired) electrons. The van der Waals surface area contributed by atoms with Crippen LogP contribution < -0.4 is 0 Å². The monoisotopic (exact) mass is 279 g/mol. The van der Waals surface area contributed by atoms with Gasteiger partial charge < -0.3 is 9.64 Å². The molecule has 20 heavy (non-hydrogen) atoms. The van der Waals surface area contributed by atoms with Gasteiger partial charge in [0.25, 0.3) is 5.91 Å². The van der Waals surface area contributed by atoms with Gasteiger partial charge in [-0.1, -0.05) is 6.92 Å². The molecule has 1 saturated carbocycles. The first-order valence-electron chi connectivity index (χ1n) is 7.00. The van der Waals surface area contributed by atoms with Crippen LogP contribution in [0, 0.1) is 5.92 Å². The maximum atomic E-state index is 12.0. The van der Waals surface area contributed by atoms with Crippen LogP contribution in [0.4, 0.5) is 0 Å². The van der Waals surface area contributed by atoms with Gasteiger partial charge in [-0.05, 0) is 37.7 Å². The van der Waals surface area contributed by atoms with E-state index in [-0.39, 0.29) is 24.2 Å². The highest BCUT2D eigenvalue weighted by atomic mass is 16.5. The number of rotatable bonds is 4. The zero-order valence-corrected chi connectivity index (χ0v) is 12.0. The normalized spacial score (nSPS) is 22.3. The van der Waals surface area contributed by atoms with E-state index in [1.807, 2.05) is 0 Å². The SMILES string of the molecule is CC1CCC(N(C)C(=O)COC(=O)c2ccn[nH]2)CC1. The number of esters is 1. The van der Waals surface area contributed by atoms with Crippen molar-refractivity contribution in [1.82, 2.24) is 15.1 Å². The van der Waals surface area contributed by atoms with E-state index >= 15 is 0 Å². The summed E-state index contributed by atoms with van der Waals surface area (Å²) in [5, 5.41) is 6.17. The van der Waals surface area contributed by atoms with Crippen molar-refractivity contribution < 1.29 is 14.3 Å². The van der Waals surface area contributed by atoms with Crippen molar-refractivity contribution in [3.8, 4) is 0 Å². The van der Waals surface area contributed by atoms with Crippen LogP contribution in [-0.4, -0.2) is 46.7 Å². The molecule has 1 N–H and O–H groups in total. The van der Waals surface area contributed by atoms with E-state index in [4.69, 9.17) is 4.74 Å². The van der Waals surface area contributed by atoms with Crippen LogP contribution in [-0.2, 0) is 9.53 Å². The minimum atomic E-state index is -0.554. The summed E-state index contributed by atoms with van der Waals surface area (Å²) in [6, 6.07) is 1.78. The zero-order valence-electron chi connectivity index (χ0n) is 12.0. The van der Waals surface area contributed by atoms with Crippen LogP contribution in [0.5, 0.6) is 0 Å². The Balaban J connectivity index is 1.78. The Kier molecular flexibility index (Phi) is 4.76. The second-order valence-corrected chi connectivity index (χ2v) is 5.46. The van der Waals surface area contributed by atoms with Crippen molar-refractivity contribution in [2.24, 2.45) is 5.92 Å². The van der Waals surface area contributed by atoms with Crippen molar-refractivity contribution in [1.29, 1.82) is 0 Å². The predicted molar refractivity (Wildman–Crippen MR) is 73.1 cm³/mol. The van der Waals surface area contributed by atoms with Crippen LogP contribution in [0.2, 0.25) is 0 Å². The fourth-order valence-corrected chi connectivity index (χ4v) is 2.51. The van der Waals surface area contributed by atoms with Gasteiger partial charge in [-0.2, -0.15) is 5.10 Å². The van der Waals surface area contributed by atoms with E-state index in [0.29, 0.717) is 0 Å². The van der Waals surface area contributed by atoms with Gasteiger partial charge in [0.1, 0.15) is 5.69 Å². The van der Waals surface area contributed by atoms with E-state index in [0.717, 1.165) is 31.6 Å². The Labute approximate surface area is 118 Å². The first-order valence-corrected chi connectivity index (χ1v) is 7.00. The number of hydrogen-bond donors (Lipinski definition) is 1. The molecule has 1 aromatic heterocycles. The zero-order chi connectivity index (χ0) is 14.5. The largest absolute Gasteiger partial charge is 0.451 e. The van der Waals surface area contributed by atoms with Crippen LogP contribution in [0.25, 0.3) is 0 Å². The molecule has 1 aliphatic carbocycles. The number of aromatic nitrogens is 2. The van der Waals surface area contributed by atoms with Crippen LogP contribution >= 0.6 is 0 Å². The summed E-state index contributed by atoms with van der Waals surface area (Å²) in [5.74, 6) is 0.0342. The Morgan fingerprint density at radius 2 is 2.10 bits per heavy atom. The summed E-state index contributed by atoms with van der Waals surface area (Å²) in [6.07, 6.45) is 5.82. The summed E-state index contributed by atoms with van der Waals surface area (Å²) in [7, 11) is 1.78. The van der Waals surface area contributed by atoms with E-state index < -0.39 is 5.97 Å². The predicted octanol–water partition coefficient (Wildman–Crippen LogP) is 1.60. The van der Waals surface area contributed by atoms with Crippen molar-refractivity contribution in [2.45, 2.75) is 38.6 Å². The van der Waals surface area contributed by atoms with Gasteiger partial charge in [0.15, 0.2) is 6.61 Å². The van der Waals surface area contributed by atoms with Crippen molar-refractivity contribution in [2.75, 3.05) is 13.7 Å². The molecule has 0 aromatic carbocycles. The third kappa shape index (κ3) is 3.59. The van der Waals surface area contributed by atoms with Gasteiger partial charge in [0, 0.05) is 19.3 Å². The number of amides is 1. The number of hydrogen-bond acceptors (Lipinski definition) is 4. The highest BCUT2D eigenvalue weighted by molar-refractivity contribution is 5.89. The number of ether oxygens (including phenoxy) is 1. The molecule has 0 bridgehead atoms. The van der Waals surface area contributed by atoms with E-state index in [1.54, 1.807) is 11.9 Å². The highest BCUT2D eigenvalue weighted by Gasteiger charge is 2.25. The molecule has 110 valence electrons. The third-order valence-electron chi connectivity index (χ3n) is 3.97. The van der Waals surface area contributed by atoms with Crippen molar-refractivity contribution in [3.05, 3.63) is 18.0 Å². The highest BCUT2D eigenvalue weighted by Crippen LogP contribution is 2.26. The molecule has 6 nitrogen and oxygen atoms in total. The lowest BCUT2D eigenvalue weighted by Crippen LogP contribution is -2.41. The first-order chi connectivity index (χ1) is 9.58. The minimum Gasteiger partial charge on any atom is -0.451 e. The average molecular weight is 279 g/mol. The topological polar surface area (TPSA) is 75.3 Å². The first kappa shape index (κ1) is 14.6. The summed E-state index contributed by atoms with van der Waals surface area (Å²) in [6.45, 7) is 2.02. The van der Waals surface area contributed by atoms with Crippen molar-refractivity contribution in [3.63, 3.8) is 0 Å². The number of nitrogens with zero attached hydrogens (tertiary/aromatic N) is 2. The number of nitrogens with one attached hydrogen (secondary N) is 1. The van der Waals surface area contributed by atoms with E-state index in [1.165, 1.54) is 12.3 Å². The van der Waals surface area contributed by atoms with Gasteiger partial charge in [-0.15, -0.1) is 0 Å². The summed E-state index contributed by atoms with van der Waals surface area (Å²) in [4.78, 5) is 25.3. The molecule has 2 rings (SSSR count). The van der Waals surface area contributed by atoms with E-state index in [2.05, 4.69) is 17.1 Å². The molecule has 1 aromatic rings. The molecule has 0 unspecified atom stereocenters. The van der Waals surface area contributed by atoms with Crippen molar-refractivity contribution >= 4 is 11.9 Å². The number of carbonyl (C=O) groups is 2. The smallest absolute Gasteiger partial charge is 0.356 e. The average Bonchev–Trinajstić information content (AvgIpc) is 2.98. The molecule has 0 aliphatic heterocycles. The number of aromatic amines is 1. The minimum absolute atomic E-state index is 0.155. The van der Waals surface area contributed by atoms with Gasteiger partial charge in [-0.25, -0.2) is 4.79 Å². The molecule has 0 saturated heterocycles. The number of likely N-dealkylation sites (N-methyl/N-ethyl adjacent to an activating group) is 1. The lowest BCUT2D eigenvalue weighted by atomic mass is 9.87. The fraction of sp³-hybridized carbons (Fsp3) is 0.643. The summed E-state index contributed by atoms with van der Waals surface area (Å²) < 4.78 is 4.98. The Morgan fingerprint density at radius 3 is 2.70 bits per heavy atom. The number of H-pyrrole nitrogens is 1. The number of carbonyl (C=O) groups excluding carboxylic acids is 2. The fourth-order valence-electron chi connectivity index (χ4n) is 2.51. The van der Waals surface area contributed by atoms with Gasteiger partial charge in [-0.3, -0.25) is 9.89 Å². The molecule has 6 heteroatoms. The van der Waals surface area contributed by atoms with Gasteiger partial charge in [0.2, 0.25) is 0 Å². The maximum absolute atomic E-state index is 12.0. The Hall–Kier alpha value is -1.85. The Morgan fingerprint density at radius 1 is 1.40 bits per heavy atom. The maximum Gasteiger partial charge on any atom is 0.356 e. The lowest BCUT2D eigenvalue weighted by molar-refractivity contribution is -0.136. The Bertz CT molecular complexity index is 450. The standard InChI is InChI=1S/C14H21N3O3/c1-10-3-5-11(6-4-10)17(2)13(18)9-20-14(19)12-7-8-15-16-12/h7-8,10-11H,3-6,9H2,1-2H3,(H,15,16).